The highest BCUT2D eigenvalue weighted by atomic mass is 16.5. The number of rotatable bonds is 7. The van der Waals surface area contributed by atoms with E-state index in [1.165, 1.54) is 0 Å². The molecule has 28 heavy (non-hydrogen) atoms. The number of hydrogen-bond acceptors (Lipinski definition) is 5. The summed E-state index contributed by atoms with van der Waals surface area (Å²) in [5.41, 5.74) is 1.18. The fourth-order valence-corrected chi connectivity index (χ4v) is 3.47. The lowest BCUT2D eigenvalue weighted by Crippen LogP contribution is -2.38. The van der Waals surface area contributed by atoms with Crippen molar-refractivity contribution < 1.29 is 23.9 Å². The average molecular weight is 389 g/mol. The quantitative estimate of drug-likeness (QED) is 0.686. The summed E-state index contributed by atoms with van der Waals surface area (Å²) in [6, 6.07) is 6.75. The Hall–Kier alpha value is -2.45. The summed E-state index contributed by atoms with van der Waals surface area (Å²) >= 11 is 0. The number of carbonyl (C=O) groups is 3. The second-order valence-corrected chi connectivity index (χ2v) is 7.44. The molecule has 2 N–H and O–H groups in total. The van der Waals surface area contributed by atoms with Gasteiger partial charge in [0.15, 0.2) is 0 Å². The number of carbonyl (C=O) groups excluding carboxylic acids is 3. The molecule has 2 fully saturated rings. The fraction of sp³-hybridized carbons (Fsp3) is 0.550. The van der Waals surface area contributed by atoms with Crippen molar-refractivity contribution in [2.75, 3.05) is 51.2 Å². The molecule has 1 heterocycles. The predicted octanol–water partition coefficient (Wildman–Crippen LogP) is 1.34. The second kappa shape index (κ2) is 9.16. The normalized spacial score (nSPS) is 21.4. The van der Waals surface area contributed by atoms with Crippen LogP contribution in [0.5, 0.6) is 0 Å². The molecule has 1 aliphatic heterocycles. The van der Waals surface area contributed by atoms with E-state index < -0.39 is 11.8 Å². The summed E-state index contributed by atoms with van der Waals surface area (Å²) in [5.74, 6) is -0.791. The van der Waals surface area contributed by atoms with Crippen LogP contribution in [0.25, 0.3) is 0 Å². The van der Waals surface area contributed by atoms with Crippen LogP contribution in [0.3, 0.4) is 0 Å². The monoisotopic (exact) mass is 389 g/mol. The predicted molar refractivity (Wildman–Crippen MR) is 104 cm³/mol. The van der Waals surface area contributed by atoms with Crippen LogP contribution in [-0.2, 0) is 23.9 Å². The van der Waals surface area contributed by atoms with Crippen LogP contribution in [0.2, 0.25) is 0 Å². The molecule has 152 valence electrons. The van der Waals surface area contributed by atoms with Crippen LogP contribution in [0.1, 0.15) is 12.8 Å². The highest BCUT2D eigenvalue weighted by Crippen LogP contribution is 2.30. The van der Waals surface area contributed by atoms with Gasteiger partial charge in [0.05, 0.1) is 13.2 Å². The molecule has 1 saturated carbocycles. The fourth-order valence-electron chi connectivity index (χ4n) is 3.47. The molecule has 3 amide bonds. The van der Waals surface area contributed by atoms with Gasteiger partial charge in [0.2, 0.25) is 5.91 Å². The van der Waals surface area contributed by atoms with Crippen molar-refractivity contribution in [2.45, 2.75) is 12.8 Å². The summed E-state index contributed by atoms with van der Waals surface area (Å²) in [6.45, 7) is 1.99. The SMILES string of the molecule is COC[C@@H]1CN(C(=O)C(=O)Nc2ccc(NC(=O)C3CC3)cc2)C[C@@H]1COC. The Kier molecular flexibility index (Phi) is 6.64. The molecule has 2 atom stereocenters. The van der Waals surface area contributed by atoms with E-state index in [9.17, 15) is 14.4 Å². The van der Waals surface area contributed by atoms with Gasteiger partial charge in [-0.25, -0.2) is 0 Å². The maximum Gasteiger partial charge on any atom is 0.313 e. The van der Waals surface area contributed by atoms with Crippen LogP contribution >= 0.6 is 0 Å². The van der Waals surface area contributed by atoms with Gasteiger partial charge in [-0.3, -0.25) is 14.4 Å². The van der Waals surface area contributed by atoms with Crippen LogP contribution < -0.4 is 10.6 Å². The summed E-state index contributed by atoms with van der Waals surface area (Å²) in [4.78, 5) is 38.2. The minimum absolute atomic E-state index is 0.0252. The molecular formula is C20H27N3O5. The third kappa shape index (κ3) is 5.08. The van der Waals surface area contributed by atoms with Gasteiger partial charge in [0.25, 0.3) is 0 Å². The molecule has 0 aromatic heterocycles. The zero-order valence-corrected chi connectivity index (χ0v) is 16.3. The van der Waals surface area contributed by atoms with Crippen LogP contribution in [0.4, 0.5) is 11.4 Å². The van der Waals surface area contributed by atoms with E-state index in [1.807, 2.05) is 0 Å². The van der Waals surface area contributed by atoms with E-state index in [2.05, 4.69) is 10.6 Å². The Morgan fingerprint density at radius 1 is 0.929 bits per heavy atom. The first-order valence-electron chi connectivity index (χ1n) is 9.51. The highest BCUT2D eigenvalue weighted by molar-refractivity contribution is 6.39. The number of likely N-dealkylation sites (tertiary alicyclic amines) is 1. The molecule has 0 radical (unpaired) electrons. The van der Waals surface area contributed by atoms with Gasteiger partial charge in [-0.15, -0.1) is 0 Å². The number of nitrogens with zero attached hydrogens (tertiary/aromatic N) is 1. The molecule has 8 nitrogen and oxygen atoms in total. The zero-order valence-electron chi connectivity index (χ0n) is 16.3. The van der Waals surface area contributed by atoms with Crippen LogP contribution in [0.15, 0.2) is 24.3 Å². The average Bonchev–Trinajstić information content (AvgIpc) is 3.46. The Morgan fingerprint density at radius 3 is 1.89 bits per heavy atom. The Labute approximate surface area is 164 Å². The van der Waals surface area contributed by atoms with Gasteiger partial charge in [-0.05, 0) is 37.1 Å². The summed E-state index contributed by atoms with van der Waals surface area (Å²) in [7, 11) is 3.25. The van der Waals surface area contributed by atoms with E-state index in [4.69, 9.17) is 9.47 Å². The third-order valence-corrected chi connectivity index (χ3v) is 5.18. The molecular weight excluding hydrogens is 362 g/mol. The van der Waals surface area contributed by atoms with Gasteiger partial charge < -0.3 is 25.0 Å². The van der Waals surface area contributed by atoms with E-state index in [1.54, 1.807) is 43.4 Å². The number of amides is 3. The van der Waals surface area contributed by atoms with Gasteiger partial charge in [-0.2, -0.15) is 0 Å². The summed E-state index contributed by atoms with van der Waals surface area (Å²) in [6.07, 6.45) is 1.88. The molecule has 0 spiro atoms. The largest absolute Gasteiger partial charge is 0.384 e. The van der Waals surface area contributed by atoms with Gasteiger partial charge in [0, 0.05) is 56.4 Å². The number of nitrogens with one attached hydrogen (secondary N) is 2. The summed E-state index contributed by atoms with van der Waals surface area (Å²) < 4.78 is 10.4. The standard InChI is InChI=1S/C20H27N3O5/c1-27-11-14-9-23(10-15(14)12-28-2)20(26)19(25)22-17-7-5-16(6-8-17)21-18(24)13-3-4-13/h5-8,13-15H,3-4,9-12H2,1-2H3,(H,21,24)(H,22,25)/t14-,15+. The molecule has 1 aromatic rings. The molecule has 3 rings (SSSR count). The Balaban J connectivity index is 1.53. The third-order valence-electron chi connectivity index (χ3n) is 5.18. The molecule has 0 unspecified atom stereocenters. The molecule has 2 aliphatic rings. The molecule has 1 aliphatic carbocycles. The first-order valence-corrected chi connectivity index (χ1v) is 9.51. The minimum Gasteiger partial charge on any atom is -0.384 e. The number of anilines is 2. The lowest BCUT2D eigenvalue weighted by atomic mass is 9.98. The second-order valence-electron chi connectivity index (χ2n) is 7.44. The maximum absolute atomic E-state index is 12.5. The van der Waals surface area contributed by atoms with E-state index in [0.717, 1.165) is 12.8 Å². The van der Waals surface area contributed by atoms with Crippen molar-refractivity contribution in [3.05, 3.63) is 24.3 Å². The highest BCUT2D eigenvalue weighted by Gasteiger charge is 2.37. The smallest absolute Gasteiger partial charge is 0.313 e. The van der Waals surface area contributed by atoms with Crippen molar-refractivity contribution in [1.82, 2.24) is 4.90 Å². The van der Waals surface area contributed by atoms with E-state index >= 15 is 0 Å². The zero-order chi connectivity index (χ0) is 20.1. The molecule has 8 heteroatoms. The topological polar surface area (TPSA) is 97.0 Å². The first kappa shape index (κ1) is 20.3. The van der Waals surface area contributed by atoms with Gasteiger partial charge >= 0.3 is 11.8 Å². The number of hydrogen-bond donors (Lipinski definition) is 2. The van der Waals surface area contributed by atoms with Crippen molar-refractivity contribution in [3.8, 4) is 0 Å². The van der Waals surface area contributed by atoms with Gasteiger partial charge in [0.1, 0.15) is 0 Å². The van der Waals surface area contributed by atoms with E-state index in [-0.39, 0.29) is 23.7 Å². The molecule has 1 aromatic carbocycles. The molecule has 0 bridgehead atoms. The van der Waals surface area contributed by atoms with Crippen molar-refractivity contribution in [2.24, 2.45) is 17.8 Å². The van der Waals surface area contributed by atoms with Crippen LogP contribution in [-0.4, -0.2) is 63.1 Å². The number of ether oxygens (including phenoxy) is 2. The first-order chi connectivity index (χ1) is 13.5. The van der Waals surface area contributed by atoms with Crippen molar-refractivity contribution >= 4 is 29.1 Å². The van der Waals surface area contributed by atoms with Crippen LogP contribution in [0, 0.1) is 17.8 Å². The maximum atomic E-state index is 12.5. The van der Waals surface area contributed by atoms with Crippen molar-refractivity contribution in [3.63, 3.8) is 0 Å². The van der Waals surface area contributed by atoms with Crippen molar-refractivity contribution in [1.29, 1.82) is 0 Å². The lowest BCUT2D eigenvalue weighted by Gasteiger charge is -2.16. The lowest BCUT2D eigenvalue weighted by molar-refractivity contribution is -0.142. The number of benzene rings is 1. The minimum atomic E-state index is -0.677. The number of methoxy groups -OCH3 is 2. The molecule has 1 saturated heterocycles. The van der Waals surface area contributed by atoms with E-state index in [0.29, 0.717) is 37.7 Å². The van der Waals surface area contributed by atoms with Gasteiger partial charge in [-0.1, -0.05) is 0 Å². The summed E-state index contributed by atoms with van der Waals surface area (Å²) in [5, 5.41) is 5.46. The Bertz CT molecular complexity index is 703. The Morgan fingerprint density at radius 2 is 1.43 bits per heavy atom.